The zero-order valence-corrected chi connectivity index (χ0v) is 15.2. The molecule has 0 aliphatic carbocycles. The van der Waals surface area contributed by atoms with Gasteiger partial charge in [0.25, 0.3) is 0 Å². The van der Waals surface area contributed by atoms with Crippen LogP contribution in [0.1, 0.15) is 15.9 Å². The molecule has 0 aliphatic heterocycles. The average molecular weight is 355 g/mol. The summed E-state index contributed by atoms with van der Waals surface area (Å²) >= 11 is 0. The van der Waals surface area contributed by atoms with E-state index in [0.29, 0.717) is 31.1 Å². The largest absolute Gasteiger partial charge is 0.491 e. The number of aliphatic hydroxyl groups excluding tert-OH is 1. The Labute approximate surface area is 154 Å². The fourth-order valence-electron chi connectivity index (χ4n) is 2.25. The predicted molar refractivity (Wildman–Crippen MR) is 104 cm³/mol. The molecule has 0 fully saturated rings. The summed E-state index contributed by atoms with van der Waals surface area (Å²) in [5, 5.41) is 8.61. The lowest BCUT2D eigenvalue weighted by Crippen LogP contribution is -2.09. The van der Waals surface area contributed by atoms with Crippen molar-refractivity contribution in [2.24, 2.45) is 0 Å². The molecule has 0 saturated heterocycles. The minimum Gasteiger partial charge on any atom is -0.491 e. The van der Waals surface area contributed by atoms with Crippen LogP contribution in [0, 0.1) is 0 Å². The molecule has 0 bridgehead atoms. The van der Waals surface area contributed by atoms with Crippen molar-refractivity contribution in [3.63, 3.8) is 0 Å². The van der Waals surface area contributed by atoms with Crippen molar-refractivity contribution in [3.05, 3.63) is 65.7 Å². The fourth-order valence-corrected chi connectivity index (χ4v) is 2.25. The first-order valence-corrected chi connectivity index (χ1v) is 8.51. The Kier molecular flexibility index (Phi) is 7.86. The third kappa shape index (κ3) is 6.35. The first-order valence-electron chi connectivity index (χ1n) is 8.51. The van der Waals surface area contributed by atoms with Gasteiger partial charge >= 0.3 is 0 Å². The van der Waals surface area contributed by atoms with E-state index < -0.39 is 0 Å². The Balaban J connectivity index is 1.86. The molecule has 0 heterocycles. The number of hydrogen-bond acceptors (Lipinski definition) is 5. The van der Waals surface area contributed by atoms with E-state index in [-0.39, 0.29) is 12.4 Å². The average Bonchev–Trinajstić information content (AvgIpc) is 2.66. The van der Waals surface area contributed by atoms with Crippen LogP contribution in [0.15, 0.2) is 54.6 Å². The summed E-state index contributed by atoms with van der Waals surface area (Å²) in [7, 11) is 3.98. The van der Waals surface area contributed by atoms with Crippen molar-refractivity contribution >= 4 is 17.5 Å². The van der Waals surface area contributed by atoms with E-state index in [9.17, 15) is 4.79 Å². The van der Waals surface area contributed by atoms with Gasteiger partial charge in [0.05, 0.1) is 19.8 Å². The van der Waals surface area contributed by atoms with Crippen molar-refractivity contribution in [3.8, 4) is 5.75 Å². The number of nitrogens with zero attached hydrogens (tertiary/aromatic N) is 1. The van der Waals surface area contributed by atoms with Gasteiger partial charge < -0.3 is 19.5 Å². The summed E-state index contributed by atoms with van der Waals surface area (Å²) in [6.45, 7) is 1.12. The first kappa shape index (κ1) is 19.7. The molecule has 0 atom stereocenters. The summed E-state index contributed by atoms with van der Waals surface area (Å²) in [6, 6.07) is 15.0. The Morgan fingerprint density at radius 3 is 2.31 bits per heavy atom. The number of rotatable bonds is 10. The van der Waals surface area contributed by atoms with Crippen LogP contribution in [0.3, 0.4) is 0 Å². The molecule has 0 spiro atoms. The van der Waals surface area contributed by atoms with Crippen LogP contribution in [0.5, 0.6) is 5.75 Å². The van der Waals surface area contributed by atoms with Gasteiger partial charge in [-0.1, -0.05) is 18.2 Å². The maximum absolute atomic E-state index is 12.3. The lowest BCUT2D eigenvalue weighted by atomic mass is 10.1. The van der Waals surface area contributed by atoms with Gasteiger partial charge in [-0.25, -0.2) is 0 Å². The van der Waals surface area contributed by atoms with Crippen LogP contribution in [0.2, 0.25) is 0 Å². The molecule has 2 aromatic rings. The zero-order chi connectivity index (χ0) is 18.8. The number of allylic oxidation sites excluding steroid dienone is 1. The molecule has 0 amide bonds. The highest BCUT2D eigenvalue weighted by molar-refractivity contribution is 6.06. The first-order chi connectivity index (χ1) is 12.6. The van der Waals surface area contributed by atoms with Gasteiger partial charge in [0, 0.05) is 25.3 Å². The Morgan fingerprint density at radius 2 is 1.69 bits per heavy atom. The smallest absolute Gasteiger partial charge is 0.185 e. The molecule has 0 unspecified atom stereocenters. The van der Waals surface area contributed by atoms with E-state index in [2.05, 4.69) is 0 Å². The quantitative estimate of drug-likeness (QED) is 0.403. The van der Waals surface area contributed by atoms with Crippen LogP contribution in [-0.2, 0) is 4.74 Å². The highest BCUT2D eigenvalue weighted by Gasteiger charge is 2.03. The van der Waals surface area contributed by atoms with Crippen molar-refractivity contribution in [2.45, 2.75) is 0 Å². The molecule has 5 nitrogen and oxygen atoms in total. The van der Waals surface area contributed by atoms with Crippen molar-refractivity contribution < 1.29 is 19.4 Å². The Hall–Kier alpha value is -2.63. The molecule has 0 radical (unpaired) electrons. The van der Waals surface area contributed by atoms with Crippen LogP contribution in [0.25, 0.3) is 6.08 Å². The topological polar surface area (TPSA) is 59.0 Å². The molecule has 5 heteroatoms. The van der Waals surface area contributed by atoms with Crippen LogP contribution in [0.4, 0.5) is 5.69 Å². The summed E-state index contributed by atoms with van der Waals surface area (Å²) < 4.78 is 10.6. The van der Waals surface area contributed by atoms with Crippen molar-refractivity contribution in [2.75, 3.05) is 45.4 Å². The van der Waals surface area contributed by atoms with Crippen LogP contribution in [-0.4, -0.2) is 51.4 Å². The molecule has 1 N–H and O–H groups in total. The van der Waals surface area contributed by atoms with Crippen LogP contribution < -0.4 is 9.64 Å². The third-order valence-electron chi connectivity index (χ3n) is 3.71. The van der Waals surface area contributed by atoms with E-state index in [1.54, 1.807) is 30.3 Å². The molecule has 138 valence electrons. The van der Waals surface area contributed by atoms with Gasteiger partial charge in [0.15, 0.2) is 5.78 Å². The van der Waals surface area contributed by atoms with E-state index in [0.717, 1.165) is 11.3 Å². The van der Waals surface area contributed by atoms with E-state index in [1.165, 1.54) is 0 Å². The predicted octanol–water partition coefficient (Wildman–Crippen LogP) is 3.04. The maximum atomic E-state index is 12.3. The Morgan fingerprint density at radius 1 is 1.00 bits per heavy atom. The molecule has 2 rings (SSSR count). The number of ether oxygens (including phenoxy) is 2. The van der Waals surface area contributed by atoms with Gasteiger partial charge in [0.2, 0.25) is 0 Å². The van der Waals surface area contributed by atoms with E-state index in [4.69, 9.17) is 14.6 Å². The van der Waals surface area contributed by atoms with Gasteiger partial charge in [0.1, 0.15) is 12.4 Å². The number of carbonyl (C=O) groups is 1. The highest BCUT2D eigenvalue weighted by Crippen LogP contribution is 2.15. The Bertz CT molecular complexity index is 706. The van der Waals surface area contributed by atoms with Gasteiger partial charge in [-0.15, -0.1) is 0 Å². The van der Waals surface area contributed by atoms with Gasteiger partial charge in [-0.2, -0.15) is 0 Å². The van der Waals surface area contributed by atoms with E-state index in [1.807, 2.05) is 49.3 Å². The summed E-state index contributed by atoms with van der Waals surface area (Å²) in [5.74, 6) is 0.622. The SMILES string of the molecule is CN(C)c1ccc(/C=C/C(=O)c2ccc(OCCOCCO)cc2)cc1. The maximum Gasteiger partial charge on any atom is 0.185 e. The molecule has 0 aliphatic rings. The summed E-state index contributed by atoms with van der Waals surface area (Å²) in [6.07, 6.45) is 3.38. The lowest BCUT2D eigenvalue weighted by Gasteiger charge is -2.11. The zero-order valence-electron chi connectivity index (χ0n) is 15.2. The standard InChI is InChI=1S/C21H25NO4/c1-22(2)19-8-3-17(4-9-19)5-12-21(24)18-6-10-20(11-7-18)26-16-15-25-14-13-23/h3-12,23H,13-16H2,1-2H3/b12-5+. The molecule has 0 saturated carbocycles. The number of benzene rings is 2. The van der Waals surface area contributed by atoms with E-state index >= 15 is 0 Å². The second-order valence-corrected chi connectivity index (χ2v) is 5.89. The number of ketones is 1. The molecular formula is C21H25NO4. The molecule has 26 heavy (non-hydrogen) atoms. The summed E-state index contributed by atoms with van der Waals surface area (Å²) in [4.78, 5) is 14.3. The van der Waals surface area contributed by atoms with Gasteiger partial charge in [-0.05, 0) is 48.0 Å². The van der Waals surface area contributed by atoms with Gasteiger partial charge in [-0.3, -0.25) is 4.79 Å². The molecular weight excluding hydrogens is 330 g/mol. The minimum absolute atomic E-state index is 0.00409. The van der Waals surface area contributed by atoms with Crippen molar-refractivity contribution in [1.82, 2.24) is 0 Å². The minimum atomic E-state index is -0.0560. The second-order valence-electron chi connectivity index (χ2n) is 5.89. The lowest BCUT2D eigenvalue weighted by molar-refractivity contribution is 0.0705. The van der Waals surface area contributed by atoms with Crippen molar-refractivity contribution in [1.29, 1.82) is 0 Å². The number of aliphatic hydroxyl groups is 1. The normalized spacial score (nSPS) is 10.9. The van der Waals surface area contributed by atoms with Crippen LogP contribution >= 0.6 is 0 Å². The number of carbonyl (C=O) groups excluding carboxylic acids is 1. The number of anilines is 1. The highest BCUT2D eigenvalue weighted by atomic mass is 16.5. The summed E-state index contributed by atoms with van der Waals surface area (Å²) in [5.41, 5.74) is 2.70. The molecule has 0 aromatic heterocycles. The molecule has 2 aromatic carbocycles. The fraction of sp³-hybridized carbons (Fsp3) is 0.286. The third-order valence-corrected chi connectivity index (χ3v) is 3.71. The monoisotopic (exact) mass is 355 g/mol. The number of hydrogen-bond donors (Lipinski definition) is 1. The second kappa shape index (κ2) is 10.4.